The van der Waals surface area contributed by atoms with Crippen molar-refractivity contribution >= 4 is 18.4 Å². The topological polar surface area (TPSA) is 52.6 Å². The summed E-state index contributed by atoms with van der Waals surface area (Å²) in [6, 6.07) is 0. The zero-order valence-corrected chi connectivity index (χ0v) is 18.3. The number of allylic oxidation sites excluding steroid dienone is 3. The molecule has 9 heteroatoms. The smallest absolute Gasteiger partial charge is 0.416 e. The van der Waals surface area contributed by atoms with Gasteiger partial charge in [0.1, 0.15) is 5.76 Å². The van der Waals surface area contributed by atoms with E-state index in [9.17, 15) is 21.6 Å². The highest BCUT2D eigenvalue weighted by Gasteiger charge is 2.48. The van der Waals surface area contributed by atoms with Crippen LogP contribution in [-0.4, -0.2) is 28.9 Å². The molecule has 1 aliphatic rings. The van der Waals surface area contributed by atoms with Gasteiger partial charge < -0.3 is 8.61 Å². The van der Waals surface area contributed by atoms with Crippen molar-refractivity contribution in [3.05, 3.63) is 36.6 Å². The molecule has 0 fully saturated rings. The highest BCUT2D eigenvalue weighted by atomic mass is 32.2. The average molecular weight is 427 g/mol. The fourth-order valence-corrected chi connectivity index (χ4v) is 3.77. The summed E-state index contributed by atoms with van der Waals surface area (Å²) in [4.78, 5) is 0. The Morgan fingerprint density at radius 3 is 2.15 bits per heavy atom. The minimum atomic E-state index is -5.68. The minimum Gasteiger partial charge on any atom is -0.416 e. The van der Waals surface area contributed by atoms with Crippen LogP contribution in [0.5, 0.6) is 0 Å². The molecule has 4 nitrogen and oxygen atoms in total. The molecule has 0 saturated carbocycles. The van der Waals surface area contributed by atoms with Gasteiger partial charge in [-0.3, -0.25) is 0 Å². The standard InChI is InChI=1S/C18H29F3O4SSi/c1-15(25-26(22,23)18(19,20)21)10-13-17(11-8-7-9-12-17)14-24-27(5,6)16(2,3)4/h8-9,11-12H,1,7,10,13-14H2,2-6H3. The van der Waals surface area contributed by atoms with Gasteiger partial charge in [0.25, 0.3) is 0 Å². The van der Waals surface area contributed by atoms with Gasteiger partial charge in [-0.1, -0.05) is 51.7 Å². The number of alkyl halides is 3. The molecule has 0 N–H and O–H groups in total. The van der Waals surface area contributed by atoms with Crippen molar-refractivity contribution in [3.8, 4) is 0 Å². The zero-order valence-electron chi connectivity index (χ0n) is 16.5. The Morgan fingerprint density at radius 1 is 1.19 bits per heavy atom. The van der Waals surface area contributed by atoms with Gasteiger partial charge in [-0.25, -0.2) is 0 Å². The molecule has 0 bridgehead atoms. The molecular formula is C18H29F3O4SSi. The van der Waals surface area contributed by atoms with E-state index in [1.807, 2.05) is 24.3 Å². The van der Waals surface area contributed by atoms with Gasteiger partial charge in [-0.2, -0.15) is 21.6 Å². The molecule has 0 atom stereocenters. The highest BCUT2D eigenvalue weighted by Crippen LogP contribution is 2.40. The van der Waals surface area contributed by atoms with Crippen LogP contribution in [0.25, 0.3) is 0 Å². The fraction of sp³-hybridized carbons (Fsp3) is 0.667. The van der Waals surface area contributed by atoms with Crippen LogP contribution in [0.2, 0.25) is 18.1 Å². The van der Waals surface area contributed by atoms with Gasteiger partial charge in [0, 0.05) is 18.4 Å². The Kier molecular flexibility index (Phi) is 7.21. The second-order valence-electron chi connectivity index (χ2n) is 8.34. The summed E-state index contributed by atoms with van der Waals surface area (Å²) in [7, 11) is -7.71. The third-order valence-corrected chi connectivity index (χ3v) is 10.6. The quantitative estimate of drug-likeness (QED) is 0.165. The molecule has 0 radical (unpaired) electrons. The van der Waals surface area contributed by atoms with Gasteiger partial charge in [0.05, 0.1) is 0 Å². The lowest BCUT2D eigenvalue weighted by Gasteiger charge is -2.40. The van der Waals surface area contributed by atoms with E-state index in [1.165, 1.54) is 0 Å². The van der Waals surface area contributed by atoms with E-state index < -0.39 is 35.1 Å². The largest absolute Gasteiger partial charge is 0.534 e. The summed E-state index contributed by atoms with van der Waals surface area (Å²) < 4.78 is 69.9. The Labute approximate surface area is 161 Å². The number of hydrogen-bond donors (Lipinski definition) is 0. The minimum absolute atomic E-state index is 0.0176. The van der Waals surface area contributed by atoms with Crippen LogP contribution in [0, 0.1) is 5.41 Å². The van der Waals surface area contributed by atoms with Crippen LogP contribution in [0.4, 0.5) is 13.2 Å². The van der Waals surface area contributed by atoms with E-state index in [4.69, 9.17) is 4.43 Å². The van der Waals surface area contributed by atoms with Crippen molar-refractivity contribution in [1.29, 1.82) is 0 Å². The summed E-state index contributed by atoms with van der Waals surface area (Å²) in [6.45, 7) is 14.3. The molecule has 1 rings (SSSR count). The number of halogens is 3. The van der Waals surface area contributed by atoms with Crippen LogP contribution in [0.1, 0.15) is 40.0 Å². The Hall–Kier alpha value is -1.06. The fourth-order valence-electron chi connectivity index (χ4n) is 2.22. The lowest BCUT2D eigenvalue weighted by molar-refractivity contribution is -0.0523. The normalized spacial score (nSPS) is 17.8. The van der Waals surface area contributed by atoms with E-state index >= 15 is 0 Å². The zero-order chi connectivity index (χ0) is 21.1. The van der Waals surface area contributed by atoms with E-state index in [1.54, 1.807) is 0 Å². The Morgan fingerprint density at radius 2 is 1.70 bits per heavy atom. The molecule has 0 amide bonds. The van der Waals surface area contributed by atoms with Crippen molar-refractivity contribution in [3.63, 3.8) is 0 Å². The first-order valence-corrected chi connectivity index (χ1v) is 13.0. The number of rotatable bonds is 8. The number of hydrogen-bond acceptors (Lipinski definition) is 4. The van der Waals surface area contributed by atoms with Gasteiger partial charge >= 0.3 is 15.6 Å². The maximum atomic E-state index is 12.4. The lowest BCUT2D eigenvalue weighted by atomic mass is 9.80. The predicted molar refractivity (Wildman–Crippen MR) is 103 cm³/mol. The second kappa shape index (κ2) is 8.12. The van der Waals surface area contributed by atoms with Crippen LogP contribution < -0.4 is 0 Å². The van der Waals surface area contributed by atoms with E-state index in [0.29, 0.717) is 13.0 Å². The monoisotopic (exact) mass is 426 g/mol. The highest BCUT2D eigenvalue weighted by molar-refractivity contribution is 7.87. The molecule has 0 unspecified atom stereocenters. The molecule has 27 heavy (non-hydrogen) atoms. The summed E-state index contributed by atoms with van der Waals surface area (Å²) in [5.74, 6) is -0.439. The lowest BCUT2D eigenvalue weighted by Crippen LogP contribution is -2.43. The van der Waals surface area contributed by atoms with Crippen LogP contribution >= 0.6 is 0 Å². The summed E-state index contributed by atoms with van der Waals surface area (Å²) in [6.07, 6.45) is 8.92. The van der Waals surface area contributed by atoms with E-state index in [2.05, 4.69) is 44.6 Å². The van der Waals surface area contributed by atoms with Gasteiger partial charge in [-0.15, -0.1) is 0 Å². The molecule has 0 aromatic carbocycles. The molecule has 156 valence electrons. The van der Waals surface area contributed by atoms with E-state index in [0.717, 1.165) is 6.42 Å². The first-order valence-electron chi connectivity index (χ1n) is 8.69. The first-order chi connectivity index (χ1) is 12.0. The Balaban J connectivity index is 2.82. The van der Waals surface area contributed by atoms with Crippen molar-refractivity contribution in [2.45, 2.75) is 63.7 Å². The second-order valence-corrected chi connectivity index (χ2v) is 14.7. The summed E-state index contributed by atoms with van der Waals surface area (Å²) in [5.41, 5.74) is -5.99. The molecule has 0 heterocycles. The molecule has 0 aromatic heterocycles. The van der Waals surface area contributed by atoms with Crippen molar-refractivity contribution < 1.29 is 30.2 Å². The van der Waals surface area contributed by atoms with Crippen LogP contribution in [0.15, 0.2) is 36.6 Å². The summed E-state index contributed by atoms with van der Waals surface area (Å²) >= 11 is 0. The van der Waals surface area contributed by atoms with Crippen molar-refractivity contribution in [2.75, 3.05) is 6.61 Å². The molecule has 0 aromatic rings. The van der Waals surface area contributed by atoms with Crippen molar-refractivity contribution in [1.82, 2.24) is 0 Å². The summed E-state index contributed by atoms with van der Waals surface area (Å²) in [5, 5.41) is 0.0176. The van der Waals surface area contributed by atoms with Gasteiger partial charge in [0.15, 0.2) is 8.32 Å². The first kappa shape index (κ1) is 24.0. The van der Waals surface area contributed by atoms with E-state index in [-0.39, 0.29) is 11.5 Å². The molecular weight excluding hydrogens is 397 g/mol. The Bertz CT molecular complexity index is 689. The van der Waals surface area contributed by atoms with Gasteiger partial charge in [-0.05, 0) is 31.0 Å². The van der Waals surface area contributed by atoms with Crippen LogP contribution in [0.3, 0.4) is 0 Å². The van der Waals surface area contributed by atoms with Crippen molar-refractivity contribution in [2.24, 2.45) is 5.41 Å². The molecule has 1 aliphatic carbocycles. The van der Waals surface area contributed by atoms with Gasteiger partial charge in [0.2, 0.25) is 0 Å². The SMILES string of the molecule is C=C(CCC1(CO[Si](C)(C)C(C)(C)C)C=CCC=C1)OS(=O)(=O)C(F)(F)F. The predicted octanol–water partition coefficient (Wildman–Crippen LogP) is 5.67. The maximum Gasteiger partial charge on any atom is 0.534 e. The molecule has 0 saturated heterocycles. The molecule has 0 spiro atoms. The third-order valence-electron chi connectivity index (χ3n) is 5.06. The molecule has 0 aliphatic heterocycles. The average Bonchev–Trinajstić information content (AvgIpc) is 2.50. The third kappa shape index (κ3) is 6.50. The van der Waals surface area contributed by atoms with Crippen LogP contribution in [-0.2, 0) is 18.7 Å². The maximum absolute atomic E-state index is 12.4.